The maximum Gasteiger partial charge on any atom is 0.303 e. The third-order valence-corrected chi connectivity index (χ3v) is 4.67. The van der Waals surface area contributed by atoms with Crippen LogP contribution >= 0.6 is 0 Å². The molecule has 1 aliphatic rings. The smallest absolute Gasteiger partial charge is 0.303 e. The van der Waals surface area contributed by atoms with Crippen LogP contribution in [-0.2, 0) is 40.4 Å². The van der Waals surface area contributed by atoms with Crippen LogP contribution in [0.3, 0.4) is 0 Å². The summed E-state index contributed by atoms with van der Waals surface area (Å²) in [6.07, 6.45) is -4.83. The van der Waals surface area contributed by atoms with Gasteiger partial charge < -0.3 is 29.4 Å². The third-order valence-electron chi connectivity index (χ3n) is 4.67. The van der Waals surface area contributed by atoms with Crippen molar-refractivity contribution in [3.8, 4) is 6.01 Å². The van der Waals surface area contributed by atoms with Crippen molar-refractivity contribution < 1.29 is 38.1 Å². The number of nitrogen functional groups attached to an aromatic ring is 1. The molecule has 0 aliphatic carbocycles. The summed E-state index contributed by atoms with van der Waals surface area (Å²) < 4.78 is 29.2. The lowest BCUT2D eigenvalue weighted by Gasteiger charge is -2.40. The summed E-state index contributed by atoms with van der Waals surface area (Å²) in [4.78, 5) is 56.1. The first-order valence-corrected chi connectivity index (χ1v) is 9.46. The van der Waals surface area contributed by atoms with Crippen molar-refractivity contribution in [3.05, 3.63) is 10.4 Å². The van der Waals surface area contributed by atoms with Crippen molar-refractivity contribution >= 4 is 35.0 Å². The van der Waals surface area contributed by atoms with Gasteiger partial charge in [-0.1, -0.05) is 0 Å². The van der Waals surface area contributed by atoms with Gasteiger partial charge in [-0.25, -0.2) is 4.98 Å². The van der Waals surface area contributed by atoms with Crippen LogP contribution < -0.4 is 16.0 Å². The Hall–Kier alpha value is -3.68. The Balaban J connectivity index is 2.18. The van der Waals surface area contributed by atoms with Gasteiger partial charge in [-0.2, -0.15) is 4.98 Å². The molecule has 0 spiro atoms. The van der Waals surface area contributed by atoms with E-state index in [9.17, 15) is 19.2 Å². The minimum Gasteiger partial charge on any atom is -0.468 e. The van der Waals surface area contributed by atoms with E-state index in [4.69, 9.17) is 29.4 Å². The summed E-state index contributed by atoms with van der Waals surface area (Å²) in [5.41, 5.74) is 5.44. The lowest BCUT2D eigenvalue weighted by Crippen LogP contribution is -2.55. The molecule has 1 saturated heterocycles. The molecule has 32 heavy (non-hydrogen) atoms. The predicted molar refractivity (Wildman–Crippen MR) is 105 cm³/mol. The Morgan fingerprint density at radius 3 is 2.19 bits per heavy atom. The highest BCUT2D eigenvalue weighted by Gasteiger charge is 2.48. The van der Waals surface area contributed by atoms with Crippen LogP contribution in [0.25, 0.3) is 11.2 Å². The molecule has 1 fully saturated rings. The highest BCUT2D eigenvalue weighted by Crippen LogP contribution is 2.34. The number of ether oxygens (including phenoxy) is 5. The van der Waals surface area contributed by atoms with Gasteiger partial charge in [0.15, 0.2) is 35.7 Å². The fourth-order valence-corrected chi connectivity index (χ4v) is 3.48. The van der Waals surface area contributed by atoms with Crippen LogP contribution in [0.5, 0.6) is 6.01 Å². The quantitative estimate of drug-likeness (QED) is 0.434. The van der Waals surface area contributed by atoms with E-state index in [0.29, 0.717) is 0 Å². The topological polar surface area (TPSA) is 176 Å². The average Bonchev–Trinajstić information content (AvgIpc) is 3.02. The number of methoxy groups -OCH3 is 1. The molecule has 2 aromatic heterocycles. The van der Waals surface area contributed by atoms with Gasteiger partial charge in [0.25, 0.3) is 5.56 Å². The van der Waals surface area contributed by atoms with E-state index in [2.05, 4.69) is 9.97 Å². The molecule has 1 aliphatic heterocycles. The Bertz CT molecular complexity index is 1120. The standard InChI is InChI=1S/C18H23N5O9/c1-7(24)30-10-6-29-16(13(32-9(3)26)12(10)31-8(2)25)23-14-11(20-17(23)19)15(27)22(4)18(21-14)28-5/h10,12-13,16H,6H2,1-5H3,(H2,19,20)/t10-,12+,13-,16-/m1/s1. The number of aromatic nitrogens is 4. The zero-order chi connectivity index (χ0) is 23.7. The molecule has 3 heterocycles. The Labute approximate surface area is 181 Å². The van der Waals surface area contributed by atoms with Gasteiger partial charge >= 0.3 is 23.9 Å². The average molecular weight is 453 g/mol. The van der Waals surface area contributed by atoms with Gasteiger partial charge in [0.1, 0.15) is 0 Å². The van der Waals surface area contributed by atoms with E-state index in [1.807, 2.05) is 0 Å². The molecule has 174 valence electrons. The lowest BCUT2D eigenvalue weighted by molar-refractivity contribution is -0.238. The number of hydrogen-bond donors (Lipinski definition) is 1. The lowest BCUT2D eigenvalue weighted by atomic mass is 10.0. The van der Waals surface area contributed by atoms with Crippen molar-refractivity contribution in [1.82, 2.24) is 19.1 Å². The first-order chi connectivity index (χ1) is 15.0. The number of nitrogens with two attached hydrogens (primary N) is 1. The molecule has 0 aromatic carbocycles. The molecule has 0 radical (unpaired) electrons. The van der Waals surface area contributed by atoms with Crippen molar-refractivity contribution in [2.45, 2.75) is 45.3 Å². The molecule has 2 aromatic rings. The molecule has 2 N–H and O–H groups in total. The second-order valence-corrected chi connectivity index (χ2v) is 6.99. The van der Waals surface area contributed by atoms with Crippen molar-refractivity contribution in [1.29, 1.82) is 0 Å². The van der Waals surface area contributed by atoms with Crippen LogP contribution in [-0.4, -0.2) is 69.0 Å². The predicted octanol–water partition coefficient (Wildman–Crippen LogP) is -0.955. The summed E-state index contributed by atoms with van der Waals surface area (Å²) in [5, 5.41) is 0. The monoisotopic (exact) mass is 453 g/mol. The molecule has 14 nitrogen and oxygen atoms in total. The third kappa shape index (κ3) is 4.21. The number of imidazole rings is 1. The zero-order valence-corrected chi connectivity index (χ0v) is 18.1. The number of rotatable bonds is 5. The molecule has 0 bridgehead atoms. The Morgan fingerprint density at radius 2 is 1.62 bits per heavy atom. The first kappa shape index (κ1) is 23.0. The van der Waals surface area contributed by atoms with Crippen LogP contribution in [0.2, 0.25) is 0 Å². The summed E-state index contributed by atoms with van der Waals surface area (Å²) >= 11 is 0. The fourth-order valence-electron chi connectivity index (χ4n) is 3.48. The highest BCUT2D eigenvalue weighted by atomic mass is 16.6. The fraction of sp³-hybridized carbons (Fsp3) is 0.556. The number of fused-ring (bicyclic) bond motifs is 1. The minimum atomic E-state index is -1.31. The highest BCUT2D eigenvalue weighted by molar-refractivity contribution is 5.74. The SMILES string of the molecule is COc1nc2c(nc(N)n2[C@@H]2OC[C@@H](OC(C)=O)[C@H](OC(C)=O)[C@H]2OC(C)=O)c(=O)n1C. The van der Waals surface area contributed by atoms with E-state index in [0.717, 1.165) is 18.4 Å². The molecular formula is C18H23N5O9. The van der Waals surface area contributed by atoms with Gasteiger partial charge in [0.2, 0.25) is 5.95 Å². The van der Waals surface area contributed by atoms with Gasteiger partial charge in [-0.05, 0) is 0 Å². The Morgan fingerprint density at radius 1 is 1.03 bits per heavy atom. The van der Waals surface area contributed by atoms with Gasteiger partial charge in [-0.3, -0.25) is 28.3 Å². The van der Waals surface area contributed by atoms with Crippen LogP contribution in [0, 0.1) is 0 Å². The summed E-state index contributed by atoms with van der Waals surface area (Å²) in [7, 11) is 2.78. The number of esters is 3. The number of hydrogen-bond acceptors (Lipinski definition) is 12. The second kappa shape index (κ2) is 8.82. The first-order valence-electron chi connectivity index (χ1n) is 9.46. The molecule has 4 atom stereocenters. The maximum absolute atomic E-state index is 12.7. The van der Waals surface area contributed by atoms with Crippen LogP contribution in [0.4, 0.5) is 5.95 Å². The van der Waals surface area contributed by atoms with E-state index in [1.165, 1.54) is 25.6 Å². The number of carbonyl (C=O) groups excluding carboxylic acids is 3. The minimum absolute atomic E-state index is 0.00267. The second-order valence-electron chi connectivity index (χ2n) is 6.99. The van der Waals surface area contributed by atoms with Gasteiger partial charge in [0, 0.05) is 27.8 Å². The molecule has 14 heteroatoms. The van der Waals surface area contributed by atoms with E-state index in [-0.39, 0.29) is 29.7 Å². The Kier molecular flexibility index (Phi) is 6.34. The normalized spacial score (nSPS) is 22.9. The van der Waals surface area contributed by atoms with Gasteiger partial charge in [-0.15, -0.1) is 0 Å². The molecule has 0 saturated carbocycles. The number of anilines is 1. The molecule has 3 rings (SSSR count). The molecule has 0 unspecified atom stereocenters. The van der Waals surface area contributed by atoms with E-state index < -0.39 is 48.0 Å². The van der Waals surface area contributed by atoms with Gasteiger partial charge in [0.05, 0.1) is 13.7 Å². The summed E-state index contributed by atoms with van der Waals surface area (Å²) in [6, 6.07) is -0.0298. The molecular weight excluding hydrogens is 430 g/mol. The zero-order valence-electron chi connectivity index (χ0n) is 18.1. The molecule has 0 amide bonds. The van der Waals surface area contributed by atoms with Crippen molar-refractivity contribution in [3.63, 3.8) is 0 Å². The van der Waals surface area contributed by atoms with E-state index >= 15 is 0 Å². The van der Waals surface area contributed by atoms with E-state index in [1.54, 1.807) is 0 Å². The summed E-state index contributed by atoms with van der Waals surface area (Å²) in [5.74, 6) is -2.26. The summed E-state index contributed by atoms with van der Waals surface area (Å²) in [6.45, 7) is 3.23. The van der Waals surface area contributed by atoms with Crippen molar-refractivity contribution in [2.24, 2.45) is 7.05 Å². The number of carbonyl (C=O) groups is 3. The van der Waals surface area contributed by atoms with Crippen molar-refractivity contribution in [2.75, 3.05) is 19.5 Å². The maximum atomic E-state index is 12.7. The van der Waals surface area contributed by atoms with Crippen LogP contribution in [0.1, 0.15) is 27.0 Å². The van der Waals surface area contributed by atoms with Crippen LogP contribution in [0.15, 0.2) is 4.79 Å². The largest absolute Gasteiger partial charge is 0.468 e. The number of nitrogens with zero attached hydrogens (tertiary/aromatic N) is 4.